The molecular formula is C13H24N4O4S. The molecule has 0 radical (unpaired) electrons. The van der Waals surface area contributed by atoms with Gasteiger partial charge in [0, 0.05) is 19.7 Å². The van der Waals surface area contributed by atoms with Crippen LogP contribution in [0.2, 0.25) is 0 Å². The van der Waals surface area contributed by atoms with Crippen LogP contribution in [-0.4, -0.2) is 66.2 Å². The number of amides is 1. The monoisotopic (exact) mass is 332 g/mol. The van der Waals surface area contributed by atoms with Crippen molar-refractivity contribution in [2.24, 2.45) is 0 Å². The zero-order valence-corrected chi connectivity index (χ0v) is 14.2. The van der Waals surface area contributed by atoms with Crippen molar-refractivity contribution in [1.82, 2.24) is 19.7 Å². The molecule has 0 aliphatic heterocycles. The summed E-state index contributed by atoms with van der Waals surface area (Å²) in [5.74, 6) is -0.0342. The van der Waals surface area contributed by atoms with Gasteiger partial charge in [0.15, 0.2) is 0 Å². The molecule has 1 heterocycles. The van der Waals surface area contributed by atoms with Gasteiger partial charge in [-0.3, -0.25) is 0 Å². The van der Waals surface area contributed by atoms with E-state index in [1.165, 1.54) is 4.90 Å². The fraction of sp³-hybridized carbons (Fsp3) is 0.769. The standard InChI is InChI=1S/C13H24N4O4S/c1-4-8-21-9-7-16(6-3)13(18)17-11-14-12(15-17)22(19,20)10-5-2/h11H,4-10H2,1-3H3. The normalized spacial score (nSPS) is 11.6. The molecule has 8 nitrogen and oxygen atoms in total. The SMILES string of the molecule is CCCOCCN(CC)C(=O)n1cnc(S(=O)(=O)CCC)n1. The lowest BCUT2D eigenvalue weighted by atomic mass is 10.5. The summed E-state index contributed by atoms with van der Waals surface area (Å²) in [6.07, 6.45) is 2.53. The summed E-state index contributed by atoms with van der Waals surface area (Å²) in [4.78, 5) is 17.5. The zero-order chi connectivity index (χ0) is 16.6. The Kier molecular flexibility index (Phi) is 7.46. The van der Waals surface area contributed by atoms with Crippen LogP contribution >= 0.6 is 0 Å². The molecule has 0 saturated carbocycles. The predicted molar refractivity (Wildman–Crippen MR) is 81.5 cm³/mol. The van der Waals surface area contributed by atoms with Gasteiger partial charge in [0.1, 0.15) is 6.33 Å². The number of likely N-dealkylation sites (N-methyl/N-ethyl adjacent to an activating group) is 1. The van der Waals surface area contributed by atoms with E-state index < -0.39 is 15.9 Å². The molecule has 0 spiro atoms. The van der Waals surface area contributed by atoms with E-state index in [1.54, 1.807) is 6.92 Å². The number of rotatable bonds is 9. The van der Waals surface area contributed by atoms with E-state index in [4.69, 9.17) is 4.74 Å². The molecule has 0 aromatic carbocycles. The summed E-state index contributed by atoms with van der Waals surface area (Å²) in [5, 5.41) is 3.49. The summed E-state index contributed by atoms with van der Waals surface area (Å²) in [7, 11) is -3.52. The van der Waals surface area contributed by atoms with Crippen molar-refractivity contribution in [3.05, 3.63) is 6.33 Å². The van der Waals surface area contributed by atoms with Crippen molar-refractivity contribution < 1.29 is 17.9 Å². The Hall–Kier alpha value is -1.48. The van der Waals surface area contributed by atoms with Crippen LogP contribution in [0.4, 0.5) is 4.79 Å². The summed E-state index contributed by atoms with van der Waals surface area (Å²) in [5.41, 5.74) is 0. The van der Waals surface area contributed by atoms with Gasteiger partial charge in [-0.15, -0.1) is 5.10 Å². The highest BCUT2D eigenvalue weighted by atomic mass is 32.2. The lowest BCUT2D eigenvalue weighted by Crippen LogP contribution is -2.37. The average molecular weight is 332 g/mol. The van der Waals surface area contributed by atoms with Crippen molar-refractivity contribution in [2.75, 3.05) is 32.1 Å². The van der Waals surface area contributed by atoms with E-state index in [0.717, 1.165) is 17.4 Å². The van der Waals surface area contributed by atoms with Gasteiger partial charge < -0.3 is 9.64 Å². The van der Waals surface area contributed by atoms with Gasteiger partial charge >= 0.3 is 6.03 Å². The number of hydrogen-bond donors (Lipinski definition) is 0. The Balaban J connectivity index is 2.73. The van der Waals surface area contributed by atoms with E-state index >= 15 is 0 Å². The largest absolute Gasteiger partial charge is 0.380 e. The summed E-state index contributed by atoms with van der Waals surface area (Å²) < 4.78 is 30.1. The predicted octanol–water partition coefficient (Wildman–Crippen LogP) is 1.18. The molecule has 0 saturated heterocycles. The van der Waals surface area contributed by atoms with E-state index in [0.29, 0.717) is 32.7 Å². The lowest BCUT2D eigenvalue weighted by Gasteiger charge is -2.19. The van der Waals surface area contributed by atoms with Crippen molar-refractivity contribution >= 4 is 15.9 Å². The molecule has 0 fully saturated rings. The van der Waals surface area contributed by atoms with E-state index in [2.05, 4.69) is 10.1 Å². The van der Waals surface area contributed by atoms with Crippen molar-refractivity contribution in [1.29, 1.82) is 0 Å². The van der Waals surface area contributed by atoms with Crippen LogP contribution < -0.4 is 0 Å². The number of aromatic nitrogens is 3. The minimum atomic E-state index is -3.52. The molecule has 1 rings (SSSR count). The smallest absolute Gasteiger partial charge is 0.346 e. The molecule has 0 N–H and O–H groups in total. The number of nitrogens with zero attached hydrogens (tertiary/aromatic N) is 4. The zero-order valence-electron chi connectivity index (χ0n) is 13.4. The van der Waals surface area contributed by atoms with Gasteiger partial charge in [0.25, 0.3) is 5.16 Å². The van der Waals surface area contributed by atoms with Gasteiger partial charge in [-0.25, -0.2) is 18.2 Å². The first-order valence-electron chi connectivity index (χ1n) is 7.47. The second-order valence-electron chi connectivity index (χ2n) is 4.77. The van der Waals surface area contributed by atoms with Crippen LogP contribution in [0.1, 0.15) is 33.6 Å². The Bertz CT molecular complexity index is 570. The molecule has 1 aromatic rings. The van der Waals surface area contributed by atoms with Crippen molar-refractivity contribution in [3.63, 3.8) is 0 Å². The first-order chi connectivity index (χ1) is 10.5. The third kappa shape index (κ3) is 5.06. The Morgan fingerprint density at radius 2 is 2.00 bits per heavy atom. The Morgan fingerprint density at radius 1 is 1.27 bits per heavy atom. The molecule has 0 aliphatic rings. The topological polar surface area (TPSA) is 94.4 Å². The number of carbonyl (C=O) groups is 1. The van der Waals surface area contributed by atoms with Gasteiger partial charge in [0.05, 0.1) is 12.4 Å². The number of sulfone groups is 1. The highest BCUT2D eigenvalue weighted by Gasteiger charge is 2.22. The molecule has 126 valence electrons. The Morgan fingerprint density at radius 3 is 2.59 bits per heavy atom. The maximum atomic E-state index is 12.3. The number of carbonyl (C=O) groups excluding carboxylic acids is 1. The molecule has 1 amide bonds. The van der Waals surface area contributed by atoms with Crippen LogP contribution in [0.15, 0.2) is 11.5 Å². The van der Waals surface area contributed by atoms with Crippen LogP contribution in [0.5, 0.6) is 0 Å². The fourth-order valence-corrected chi connectivity index (χ4v) is 2.94. The van der Waals surface area contributed by atoms with Crippen LogP contribution in [0, 0.1) is 0 Å². The van der Waals surface area contributed by atoms with Crippen molar-refractivity contribution in [2.45, 2.75) is 38.8 Å². The molecule has 0 bridgehead atoms. The third-order valence-electron chi connectivity index (χ3n) is 2.92. The average Bonchev–Trinajstić information content (AvgIpc) is 2.97. The third-order valence-corrected chi connectivity index (χ3v) is 4.61. The van der Waals surface area contributed by atoms with Gasteiger partial charge in [-0.2, -0.15) is 4.68 Å². The first kappa shape index (κ1) is 18.6. The molecule has 0 atom stereocenters. The van der Waals surface area contributed by atoms with E-state index in [-0.39, 0.29) is 10.9 Å². The summed E-state index contributed by atoms with van der Waals surface area (Å²) in [6.45, 7) is 7.59. The Labute approximate surface area is 131 Å². The number of hydrogen-bond acceptors (Lipinski definition) is 6. The fourth-order valence-electron chi connectivity index (χ4n) is 1.80. The van der Waals surface area contributed by atoms with E-state index in [9.17, 15) is 13.2 Å². The maximum Gasteiger partial charge on any atom is 0.346 e. The second kappa shape index (κ2) is 8.84. The summed E-state index contributed by atoms with van der Waals surface area (Å²) >= 11 is 0. The molecule has 0 aliphatic carbocycles. The quantitative estimate of drug-likeness (QED) is 0.630. The summed E-state index contributed by atoms with van der Waals surface area (Å²) in [6, 6.07) is -0.409. The van der Waals surface area contributed by atoms with Gasteiger partial charge in [0.2, 0.25) is 9.84 Å². The minimum absolute atomic E-state index is 0.0342. The number of ether oxygens (including phenoxy) is 1. The van der Waals surface area contributed by atoms with Gasteiger partial charge in [-0.05, 0) is 19.8 Å². The molecule has 9 heteroatoms. The maximum absolute atomic E-state index is 12.3. The molecular weight excluding hydrogens is 308 g/mol. The van der Waals surface area contributed by atoms with E-state index in [1.807, 2.05) is 13.8 Å². The second-order valence-corrected chi connectivity index (χ2v) is 6.77. The van der Waals surface area contributed by atoms with Crippen LogP contribution in [-0.2, 0) is 14.6 Å². The molecule has 1 aromatic heterocycles. The van der Waals surface area contributed by atoms with Gasteiger partial charge in [-0.1, -0.05) is 13.8 Å². The van der Waals surface area contributed by atoms with Crippen molar-refractivity contribution in [3.8, 4) is 0 Å². The highest BCUT2D eigenvalue weighted by Crippen LogP contribution is 2.06. The first-order valence-corrected chi connectivity index (χ1v) is 9.12. The molecule has 0 unspecified atom stereocenters. The van der Waals surface area contributed by atoms with Crippen LogP contribution in [0.3, 0.4) is 0 Å². The lowest BCUT2D eigenvalue weighted by molar-refractivity contribution is 0.111. The highest BCUT2D eigenvalue weighted by molar-refractivity contribution is 7.91. The molecule has 22 heavy (non-hydrogen) atoms. The minimum Gasteiger partial charge on any atom is -0.380 e. The van der Waals surface area contributed by atoms with Crippen LogP contribution in [0.25, 0.3) is 0 Å².